The van der Waals surface area contributed by atoms with Crippen molar-refractivity contribution in [2.75, 3.05) is 18.9 Å². The summed E-state index contributed by atoms with van der Waals surface area (Å²) in [6.07, 6.45) is 7.04. The fourth-order valence-corrected chi connectivity index (χ4v) is 5.81. The lowest BCUT2D eigenvalue weighted by atomic mass is 10.1. The number of nitrogens with zero attached hydrogens (tertiary/aromatic N) is 3. The van der Waals surface area contributed by atoms with E-state index in [0.29, 0.717) is 18.9 Å². The Morgan fingerprint density at radius 3 is 3.06 bits per heavy atom. The molecule has 0 spiro atoms. The van der Waals surface area contributed by atoms with Crippen molar-refractivity contribution >= 4 is 45.1 Å². The molecule has 164 valence electrons. The highest BCUT2D eigenvalue weighted by molar-refractivity contribution is 7.19. The number of hydrogen-bond donors (Lipinski definition) is 1. The second kappa shape index (κ2) is 8.48. The molecule has 2 aliphatic heterocycles. The first-order valence-electron chi connectivity index (χ1n) is 10.9. The van der Waals surface area contributed by atoms with E-state index in [-0.39, 0.29) is 17.9 Å². The standard InChI is InChI=1S/C25H26N4O2S/c1-16-19-6-3-4-8-21(19)32-22(16)15-28(2)23(30)10-9-17-12-18-14-29-11-5-7-20(29)25(31)27-24(18)26-13-17/h3-4,6,8-10,12-13,20H,5,7,11,14-15H2,1-2H3,(H,26,27,31)/t20-/m1/s1. The molecule has 2 amide bonds. The number of aromatic nitrogens is 1. The van der Waals surface area contributed by atoms with Gasteiger partial charge in [0.05, 0.1) is 12.6 Å². The molecule has 0 saturated carbocycles. The molecule has 1 aromatic carbocycles. The maximum absolute atomic E-state index is 12.7. The van der Waals surface area contributed by atoms with E-state index in [2.05, 4.69) is 34.3 Å². The number of carbonyl (C=O) groups is 2. The van der Waals surface area contributed by atoms with Crippen LogP contribution >= 0.6 is 11.3 Å². The molecule has 1 atom stereocenters. The van der Waals surface area contributed by atoms with Gasteiger partial charge >= 0.3 is 0 Å². The maximum atomic E-state index is 12.7. The monoisotopic (exact) mass is 446 g/mol. The van der Waals surface area contributed by atoms with E-state index in [4.69, 9.17) is 0 Å². The van der Waals surface area contributed by atoms with E-state index in [9.17, 15) is 9.59 Å². The summed E-state index contributed by atoms with van der Waals surface area (Å²) in [7, 11) is 1.83. The smallest absolute Gasteiger partial charge is 0.246 e. The van der Waals surface area contributed by atoms with E-state index in [1.54, 1.807) is 34.6 Å². The number of amides is 2. The molecule has 1 fully saturated rings. The van der Waals surface area contributed by atoms with Crippen LogP contribution in [0.25, 0.3) is 16.2 Å². The van der Waals surface area contributed by atoms with Crippen molar-refractivity contribution in [3.63, 3.8) is 0 Å². The van der Waals surface area contributed by atoms with Gasteiger partial charge in [0, 0.05) is 41.0 Å². The Bertz CT molecular complexity index is 1230. The maximum Gasteiger partial charge on any atom is 0.246 e. The van der Waals surface area contributed by atoms with Crippen LogP contribution in [0.3, 0.4) is 0 Å². The van der Waals surface area contributed by atoms with Gasteiger partial charge in [0.15, 0.2) is 0 Å². The quantitative estimate of drug-likeness (QED) is 0.610. The first kappa shape index (κ1) is 20.8. The molecule has 6 nitrogen and oxygen atoms in total. The van der Waals surface area contributed by atoms with Crippen molar-refractivity contribution in [3.8, 4) is 0 Å². The topological polar surface area (TPSA) is 65.5 Å². The highest BCUT2D eigenvalue weighted by Crippen LogP contribution is 2.31. The van der Waals surface area contributed by atoms with Crippen molar-refractivity contribution in [3.05, 3.63) is 64.2 Å². The van der Waals surface area contributed by atoms with Crippen molar-refractivity contribution in [2.45, 2.75) is 38.9 Å². The molecule has 1 N–H and O–H groups in total. The van der Waals surface area contributed by atoms with Crippen LogP contribution in [-0.4, -0.2) is 46.2 Å². The van der Waals surface area contributed by atoms with Crippen LogP contribution in [0, 0.1) is 6.92 Å². The summed E-state index contributed by atoms with van der Waals surface area (Å²) in [6, 6.07) is 10.3. The van der Waals surface area contributed by atoms with Gasteiger partial charge in [-0.25, -0.2) is 4.98 Å². The van der Waals surface area contributed by atoms with Gasteiger partial charge in [-0.15, -0.1) is 11.3 Å². The van der Waals surface area contributed by atoms with Gasteiger partial charge in [-0.2, -0.15) is 0 Å². The van der Waals surface area contributed by atoms with Crippen LogP contribution in [-0.2, 0) is 22.7 Å². The van der Waals surface area contributed by atoms with Crippen LogP contribution < -0.4 is 5.32 Å². The van der Waals surface area contributed by atoms with Gasteiger partial charge in [-0.1, -0.05) is 18.2 Å². The summed E-state index contributed by atoms with van der Waals surface area (Å²) in [5.74, 6) is 0.611. The van der Waals surface area contributed by atoms with Crippen LogP contribution in [0.5, 0.6) is 0 Å². The fraction of sp³-hybridized carbons (Fsp3) is 0.320. The SMILES string of the molecule is Cc1c(CN(C)C(=O)C=Cc2cnc3c(c2)CN2CCC[C@@H]2C(=O)N3)sc2ccccc12. The molecule has 5 rings (SSSR count). The molecule has 2 aromatic heterocycles. The molecule has 0 unspecified atom stereocenters. The molecule has 7 heteroatoms. The summed E-state index contributed by atoms with van der Waals surface area (Å²) in [6.45, 7) is 4.33. The van der Waals surface area contributed by atoms with Crippen LogP contribution in [0.15, 0.2) is 42.6 Å². The van der Waals surface area contributed by atoms with Crippen LogP contribution in [0.4, 0.5) is 5.82 Å². The van der Waals surface area contributed by atoms with Gasteiger partial charge in [0.1, 0.15) is 5.82 Å². The van der Waals surface area contributed by atoms with Gasteiger partial charge in [-0.05, 0) is 61.0 Å². The highest BCUT2D eigenvalue weighted by Gasteiger charge is 2.34. The lowest BCUT2D eigenvalue weighted by Crippen LogP contribution is -2.36. The van der Waals surface area contributed by atoms with Gasteiger partial charge < -0.3 is 10.2 Å². The Morgan fingerprint density at radius 1 is 1.38 bits per heavy atom. The van der Waals surface area contributed by atoms with Gasteiger partial charge in [0.2, 0.25) is 11.8 Å². The largest absolute Gasteiger partial charge is 0.337 e. The molecule has 0 aliphatic carbocycles. The molecule has 4 heterocycles. The summed E-state index contributed by atoms with van der Waals surface area (Å²) >= 11 is 1.74. The second-order valence-electron chi connectivity index (χ2n) is 8.57. The molecule has 0 radical (unpaired) electrons. The Hall–Kier alpha value is -3.03. The van der Waals surface area contributed by atoms with Crippen molar-refractivity contribution in [1.29, 1.82) is 0 Å². The Balaban J connectivity index is 1.29. The number of nitrogens with one attached hydrogen (secondary N) is 1. The number of thiophene rings is 1. The Labute approximate surface area is 191 Å². The average molecular weight is 447 g/mol. The van der Waals surface area contributed by atoms with Crippen molar-refractivity contribution in [2.24, 2.45) is 0 Å². The summed E-state index contributed by atoms with van der Waals surface area (Å²) in [5, 5.41) is 4.21. The zero-order valence-corrected chi connectivity index (χ0v) is 19.1. The normalized spacial score (nSPS) is 18.4. The molecule has 1 saturated heterocycles. The van der Waals surface area contributed by atoms with Crippen LogP contribution in [0.2, 0.25) is 0 Å². The van der Waals surface area contributed by atoms with E-state index in [0.717, 1.165) is 30.5 Å². The predicted molar refractivity (Wildman–Crippen MR) is 128 cm³/mol. The number of anilines is 1. The number of aryl methyl sites for hydroxylation is 1. The zero-order valence-electron chi connectivity index (χ0n) is 18.3. The molecule has 3 aromatic rings. The lowest BCUT2D eigenvalue weighted by Gasteiger charge is -2.19. The van der Waals surface area contributed by atoms with E-state index >= 15 is 0 Å². The highest BCUT2D eigenvalue weighted by atomic mass is 32.1. The zero-order chi connectivity index (χ0) is 22.2. The van der Waals surface area contributed by atoms with E-state index in [1.807, 2.05) is 25.2 Å². The molecule has 0 bridgehead atoms. The third kappa shape index (κ3) is 3.94. The number of rotatable bonds is 4. The minimum Gasteiger partial charge on any atom is -0.337 e. The first-order chi connectivity index (χ1) is 15.5. The first-order valence-corrected chi connectivity index (χ1v) is 11.8. The van der Waals surface area contributed by atoms with Crippen LogP contribution in [0.1, 0.15) is 34.4 Å². The predicted octanol–water partition coefficient (Wildman–Crippen LogP) is 4.19. The summed E-state index contributed by atoms with van der Waals surface area (Å²) in [4.78, 5) is 34.8. The summed E-state index contributed by atoms with van der Waals surface area (Å²) < 4.78 is 1.25. The third-order valence-electron chi connectivity index (χ3n) is 6.39. The molecular formula is C25H26N4O2S. The summed E-state index contributed by atoms with van der Waals surface area (Å²) in [5.41, 5.74) is 3.09. The van der Waals surface area contributed by atoms with Crippen molar-refractivity contribution in [1.82, 2.24) is 14.8 Å². The number of fused-ring (bicyclic) bond motifs is 3. The second-order valence-corrected chi connectivity index (χ2v) is 9.70. The number of likely N-dealkylation sites (N-methyl/N-ethyl adjacent to an activating group) is 1. The fourth-order valence-electron chi connectivity index (χ4n) is 4.55. The molecule has 32 heavy (non-hydrogen) atoms. The number of hydrogen-bond acceptors (Lipinski definition) is 5. The van der Waals surface area contributed by atoms with E-state index in [1.165, 1.54) is 20.5 Å². The minimum atomic E-state index is -0.0595. The third-order valence-corrected chi connectivity index (χ3v) is 7.64. The average Bonchev–Trinajstić information content (AvgIpc) is 3.35. The number of benzene rings is 1. The number of pyridine rings is 1. The minimum absolute atomic E-state index is 0.0328. The van der Waals surface area contributed by atoms with E-state index < -0.39 is 0 Å². The van der Waals surface area contributed by atoms with Gasteiger partial charge in [-0.3, -0.25) is 14.5 Å². The van der Waals surface area contributed by atoms with Crippen molar-refractivity contribution < 1.29 is 9.59 Å². The Morgan fingerprint density at radius 2 is 2.22 bits per heavy atom. The molecule has 2 aliphatic rings. The Kier molecular flexibility index (Phi) is 5.53. The number of carbonyl (C=O) groups excluding carboxylic acids is 2. The molecular weight excluding hydrogens is 420 g/mol. The van der Waals surface area contributed by atoms with Gasteiger partial charge in [0.25, 0.3) is 0 Å². The lowest BCUT2D eigenvalue weighted by molar-refractivity contribution is -0.125.